The molecule has 2 aliphatic rings. The molecule has 2 nitrogen and oxygen atoms in total. The van der Waals surface area contributed by atoms with Crippen LogP contribution in [0.25, 0.3) is 5.57 Å². The molecule has 3 rings (SSSR count). The molecule has 152 valence electrons. The van der Waals surface area contributed by atoms with Crippen LogP contribution in [0.5, 0.6) is 0 Å². The Bertz CT molecular complexity index is 963. The minimum absolute atomic E-state index is 0.181. The second-order valence-corrected chi connectivity index (χ2v) is 9.94. The molecule has 0 radical (unpaired) electrons. The van der Waals surface area contributed by atoms with Crippen LogP contribution in [0.2, 0.25) is 0 Å². The van der Waals surface area contributed by atoms with Gasteiger partial charge in [-0.2, -0.15) is 5.26 Å². The zero-order valence-electron chi connectivity index (χ0n) is 18.6. The van der Waals surface area contributed by atoms with E-state index in [1.807, 2.05) is 18.7 Å². The summed E-state index contributed by atoms with van der Waals surface area (Å²) >= 11 is 1.86. The molecule has 0 aromatic heterocycles. The number of benzene rings is 1. The third-order valence-electron chi connectivity index (χ3n) is 5.79. The topological polar surface area (TPSA) is 27.0 Å². The molecule has 0 saturated heterocycles. The summed E-state index contributed by atoms with van der Waals surface area (Å²) in [5, 5.41) is 9.35. The molecule has 0 spiro atoms. The predicted molar refractivity (Wildman–Crippen MR) is 127 cm³/mol. The number of nitriles is 1. The lowest BCUT2D eigenvalue weighted by molar-refractivity contribution is 0.354. The Morgan fingerprint density at radius 3 is 2.59 bits per heavy atom. The van der Waals surface area contributed by atoms with Crippen molar-refractivity contribution >= 4 is 23.0 Å². The van der Waals surface area contributed by atoms with Crippen LogP contribution in [-0.2, 0) is 0 Å². The van der Waals surface area contributed by atoms with Gasteiger partial charge in [-0.05, 0) is 92.5 Å². The molecule has 1 aromatic rings. The average molecular weight is 405 g/mol. The number of thioether (sulfide) groups is 1. The first-order chi connectivity index (χ1) is 13.8. The zero-order chi connectivity index (χ0) is 21.2. The molecule has 0 amide bonds. The summed E-state index contributed by atoms with van der Waals surface area (Å²) in [6.45, 7) is 15.2. The van der Waals surface area contributed by atoms with Gasteiger partial charge >= 0.3 is 0 Å². The van der Waals surface area contributed by atoms with Crippen molar-refractivity contribution in [3.8, 4) is 6.07 Å². The number of anilines is 1. The Morgan fingerprint density at radius 2 is 1.93 bits per heavy atom. The highest BCUT2D eigenvalue weighted by Gasteiger charge is 2.26. The van der Waals surface area contributed by atoms with Gasteiger partial charge < -0.3 is 4.90 Å². The van der Waals surface area contributed by atoms with Crippen molar-refractivity contribution in [1.29, 1.82) is 5.26 Å². The third-order valence-corrected chi connectivity index (χ3v) is 6.82. The zero-order valence-corrected chi connectivity index (χ0v) is 19.4. The Kier molecular flexibility index (Phi) is 6.44. The molecule has 0 unspecified atom stereocenters. The number of hydrogen-bond donors (Lipinski definition) is 0. The van der Waals surface area contributed by atoms with E-state index in [4.69, 9.17) is 0 Å². The van der Waals surface area contributed by atoms with Gasteiger partial charge in [0.05, 0.1) is 6.07 Å². The van der Waals surface area contributed by atoms with Crippen molar-refractivity contribution in [1.82, 2.24) is 0 Å². The van der Waals surface area contributed by atoms with Gasteiger partial charge in [0.15, 0.2) is 0 Å². The number of fused-ring (bicyclic) bond motifs is 1. The molecule has 0 N–H and O–H groups in total. The molecular formula is C26H32N2S. The van der Waals surface area contributed by atoms with E-state index in [-0.39, 0.29) is 5.41 Å². The standard InChI is InChI=1S/C26H32N2S/c1-7-28(8-2)22-9-10-24-18(3)11-23(29-25(24)14-22)13-20-12-21(19(4)17-27)16-26(5,6)15-20/h9-14H,7-8,15-16H2,1-6H3/b21-19+,23-13+. The Labute approximate surface area is 180 Å². The van der Waals surface area contributed by atoms with E-state index >= 15 is 0 Å². The van der Waals surface area contributed by atoms with E-state index < -0.39 is 0 Å². The monoisotopic (exact) mass is 404 g/mol. The molecule has 1 heterocycles. The van der Waals surface area contributed by atoms with E-state index in [1.165, 1.54) is 37.8 Å². The predicted octanol–water partition coefficient (Wildman–Crippen LogP) is 7.51. The van der Waals surface area contributed by atoms with Crippen LogP contribution in [0.4, 0.5) is 5.69 Å². The smallest absolute Gasteiger partial charge is 0.0947 e. The van der Waals surface area contributed by atoms with Crippen LogP contribution in [-0.4, -0.2) is 13.1 Å². The van der Waals surface area contributed by atoms with Crippen LogP contribution in [0.15, 0.2) is 62.9 Å². The van der Waals surface area contributed by atoms with Gasteiger partial charge in [0.1, 0.15) is 0 Å². The lowest BCUT2D eigenvalue weighted by atomic mass is 9.74. The molecule has 0 saturated carbocycles. The van der Waals surface area contributed by atoms with Crippen molar-refractivity contribution in [3.63, 3.8) is 0 Å². The molecule has 1 aliphatic carbocycles. The van der Waals surface area contributed by atoms with Gasteiger partial charge in [0.2, 0.25) is 0 Å². The van der Waals surface area contributed by atoms with Crippen LogP contribution < -0.4 is 4.90 Å². The normalized spacial score (nSPS) is 21.1. The molecule has 1 aromatic carbocycles. The van der Waals surface area contributed by atoms with Gasteiger partial charge in [-0.1, -0.05) is 37.8 Å². The van der Waals surface area contributed by atoms with Crippen molar-refractivity contribution in [3.05, 3.63) is 63.6 Å². The molecular weight excluding hydrogens is 372 g/mol. The largest absolute Gasteiger partial charge is 0.372 e. The first kappa shape index (κ1) is 21.5. The van der Waals surface area contributed by atoms with Gasteiger partial charge in [0.25, 0.3) is 0 Å². The summed E-state index contributed by atoms with van der Waals surface area (Å²) in [4.78, 5) is 5.01. The average Bonchev–Trinajstić information content (AvgIpc) is 2.66. The summed E-state index contributed by atoms with van der Waals surface area (Å²) in [6, 6.07) is 9.18. The van der Waals surface area contributed by atoms with E-state index in [2.05, 4.69) is 82.0 Å². The van der Waals surface area contributed by atoms with Crippen LogP contribution >= 0.6 is 11.8 Å². The minimum Gasteiger partial charge on any atom is -0.372 e. The minimum atomic E-state index is 0.181. The molecule has 0 bridgehead atoms. The van der Waals surface area contributed by atoms with Gasteiger partial charge in [0, 0.05) is 34.2 Å². The maximum absolute atomic E-state index is 9.35. The van der Waals surface area contributed by atoms with Crippen molar-refractivity contribution in [2.75, 3.05) is 18.0 Å². The summed E-state index contributed by atoms with van der Waals surface area (Å²) in [7, 11) is 0. The summed E-state index contributed by atoms with van der Waals surface area (Å²) in [5.74, 6) is 0. The first-order valence-electron chi connectivity index (χ1n) is 10.5. The molecule has 29 heavy (non-hydrogen) atoms. The van der Waals surface area contributed by atoms with E-state index in [0.717, 1.165) is 31.5 Å². The van der Waals surface area contributed by atoms with E-state index in [9.17, 15) is 5.26 Å². The second-order valence-electron chi connectivity index (χ2n) is 8.83. The Hall–Kier alpha value is -2.18. The molecule has 0 fully saturated rings. The second kappa shape index (κ2) is 8.67. The molecule has 0 atom stereocenters. The lowest BCUT2D eigenvalue weighted by Gasteiger charge is -2.31. The van der Waals surface area contributed by atoms with Crippen LogP contribution in [0.3, 0.4) is 0 Å². The first-order valence-corrected chi connectivity index (χ1v) is 11.4. The fraction of sp³-hybridized carbons (Fsp3) is 0.423. The lowest BCUT2D eigenvalue weighted by Crippen LogP contribution is -2.21. The fourth-order valence-corrected chi connectivity index (χ4v) is 5.49. The van der Waals surface area contributed by atoms with E-state index in [1.54, 1.807) is 0 Å². The number of hydrogen-bond acceptors (Lipinski definition) is 3. The Morgan fingerprint density at radius 1 is 1.21 bits per heavy atom. The highest BCUT2D eigenvalue weighted by molar-refractivity contribution is 8.03. The quantitative estimate of drug-likeness (QED) is 0.486. The summed E-state index contributed by atoms with van der Waals surface area (Å²) < 4.78 is 0. The molecule has 3 heteroatoms. The van der Waals surface area contributed by atoms with Gasteiger partial charge in [-0.15, -0.1) is 0 Å². The number of rotatable bonds is 4. The van der Waals surface area contributed by atoms with Gasteiger partial charge in [-0.25, -0.2) is 0 Å². The van der Waals surface area contributed by atoms with Crippen molar-refractivity contribution in [2.45, 2.75) is 59.3 Å². The maximum Gasteiger partial charge on any atom is 0.0947 e. The van der Waals surface area contributed by atoms with Crippen LogP contribution in [0.1, 0.15) is 59.9 Å². The summed E-state index contributed by atoms with van der Waals surface area (Å²) in [5.41, 5.74) is 7.47. The van der Waals surface area contributed by atoms with Crippen LogP contribution in [0, 0.1) is 16.7 Å². The fourth-order valence-electron chi connectivity index (χ4n) is 4.27. The van der Waals surface area contributed by atoms with Crippen molar-refractivity contribution < 1.29 is 0 Å². The SMILES string of the molecule is CCN(CC)c1ccc2c(c1)S/C(=C/C1=CC(=C(/C)C#N)/CC(C)(C)C1)C=C2C. The Balaban J connectivity index is 1.97. The van der Waals surface area contributed by atoms with Crippen molar-refractivity contribution in [2.24, 2.45) is 5.41 Å². The van der Waals surface area contributed by atoms with Gasteiger partial charge in [-0.3, -0.25) is 0 Å². The third kappa shape index (κ3) is 4.87. The number of allylic oxidation sites excluding steroid dienone is 7. The van der Waals surface area contributed by atoms with E-state index in [0.29, 0.717) is 0 Å². The number of nitrogens with zero attached hydrogens (tertiary/aromatic N) is 2. The highest BCUT2D eigenvalue weighted by atomic mass is 32.2. The molecule has 1 aliphatic heterocycles. The summed E-state index contributed by atoms with van der Waals surface area (Å²) in [6.07, 6.45) is 8.87. The maximum atomic E-state index is 9.35. The highest BCUT2D eigenvalue weighted by Crippen LogP contribution is 2.44.